The summed E-state index contributed by atoms with van der Waals surface area (Å²) in [6.07, 6.45) is 2.09. The molecule has 0 bridgehead atoms. The van der Waals surface area contributed by atoms with Crippen LogP contribution in [0.1, 0.15) is 41.5 Å². The van der Waals surface area contributed by atoms with Gasteiger partial charge in [0.15, 0.2) is 0 Å². The normalized spacial score (nSPS) is 10.4. The van der Waals surface area contributed by atoms with Gasteiger partial charge in [0.25, 0.3) is 5.91 Å². The number of carbonyl (C=O) groups excluding carboxylic acids is 2. The van der Waals surface area contributed by atoms with Gasteiger partial charge in [0.1, 0.15) is 5.75 Å². The number of rotatable bonds is 10. The lowest BCUT2D eigenvalue weighted by Gasteiger charge is -2.14. The number of carboxylic acids is 1. The van der Waals surface area contributed by atoms with Crippen LogP contribution in [0.2, 0.25) is 0 Å². The average Bonchev–Trinajstić information content (AvgIpc) is 2.65. The van der Waals surface area contributed by atoms with Gasteiger partial charge in [0.2, 0.25) is 6.29 Å². The molecular weight excluding hydrogens is 358 g/mol. The monoisotopic (exact) mass is 383 g/mol. The summed E-state index contributed by atoms with van der Waals surface area (Å²) in [6, 6.07) is 11.7. The molecule has 28 heavy (non-hydrogen) atoms. The van der Waals surface area contributed by atoms with Crippen LogP contribution in [0.15, 0.2) is 36.4 Å². The summed E-state index contributed by atoms with van der Waals surface area (Å²) in [5, 5.41) is 11.2. The molecule has 1 amide bonds. The van der Waals surface area contributed by atoms with E-state index in [1.807, 2.05) is 12.1 Å². The number of amides is 1. The SMILES string of the molecule is Cc1ccc(Cc2ccc(NC(=O)C=O)c(OCCCCC(=O)O)c2)c(C)c1. The number of hydrogen-bond donors (Lipinski definition) is 2. The first-order valence-corrected chi connectivity index (χ1v) is 9.19. The van der Waals surface area contributed by atoms with Crippen LogP contribution in [-0.2, 0) is 20.8 Å². The van der Waals surface area contributed by atoms with Gasteiger partial charge in [-0.25, -0.2) is 0 Å². The van der Waals surface area contributed by atoms with Gasteiger partial charge in [-0.1, -0.05) is 29.8 Å². The highest BCUT2D eigenvalue weighted by atomic mass is 16.5. The highest BCUT2D eigenvalue weighted by Crippen LogP contribution is 2.28. The van der Waals surface area contributed by atoms with Crippen molar-refractivity contribution in [2.75, 3.05) is 11.9 Å². The molecule has 0 aromatic heterocycles. The van der Waals surface area contributed by atoms with Crippen molar-refractivity contribution in [2.45, 2.75) is 39.5 Å². The van der Waals surface area contributed by atoms with Gasteiger partial charge in [0, 0.05) is 6.42 Å². The van der Waals surface area contributed by atoms with Gasteiger partial charge in [-0.15, -0.1) is 0 Å². The molecule has 0 saturated carbocycles. The number of carbonyl (C=O) groups is 3. The van der Waals surface area contributed by atoms with Crippen molar-refractivity contribution >= 4 is 23.9 Å². The molecule has 0 aliphatic rings. The van der Waals surface area contributed by atoms with E-state index >= 15 is 0 Å². The van der Waals surface area contributed by atoms with Gasteiger partial charge < -0.3 is 15.2 Å². The summed E-state index contributed by atoms with van der Waals surface area (Å²) in [7, 11) is 0. The Kier molecular flexibility index (Phi) is 7.75. The van der Waals surface area contributed by atoms with Gasteiger partial charge >= 0.3 is 5.97 Å². The van der Waals surface area contributed by atoms with Crippen molar-refractivity contribution in [2.24, 2.45) is 0 Å². The topological polar surface area (TPSA) is 92.7 Å². The van der Waals surface area contributed by atoms with Crippen molar-refractivity contribution in [3.8, 4) is 5.75 Å². The Morgan fingerprint density at radius 2 is 1.89 bits per heavy atom. The fraction of sp³-hybridized carbons (Fsp3) is 0.318. The van der Waals surface area contributed by atoms with E-state index in [2.05, 4.69) is 37.4 Å². The van der Waals surface area contributed by atoms with Crippen molar-refractivity contribution in [3.63, 3.8) is 0 Å². The molecule has 0 unspecified atom stereocenters. The molecule has 2 rings (SSSR count). The molecular formula is C22H25NO5. The van der Waals surface area contributed by atoms with E-state index in [0.717, 1.165) is 5.56 Å². The van der Waals surface area contributed by atoms with Gasteiger partial charge in [-0.2, -0.15) is 0 Å². The Labute approximate surface area is 164 Å². The van der Waals surface area contributed by atoms with Crippen LogP contribution in [0, 0.1) is 13.8 Å². The third kappa shape index (κ3) is 6.54. The second-order valence-electron chi connectivity index (χ2n) is 6.74. The zero-order chi connectivity index (χ0) is 20.5. The van der Waals surface area contributed by atoms with Crippen molar-refractivity contribution < 1.29 is 24.2 Å². The lowest BCUT2D eigenvalue weighted by atomic mass is 9.98. The molecule has 0 radical (unpaired) electrons. The van der Waals surface area contributed by atoms with E-state index in [9.17, 15) is 14.4 Å². The molecule has 0 atom stereocenters. The summed E-state index contributed by atoms with van der Waals surface area (Å²) >= 11 is 0. The van der Waals surface area contributed by atoms with E-state index in [-0.39, 0.29) is 12.7 Å². The minimum Gasteiger partial charge on any atom is -0.491 e. The summed E-state index contributed by atoms with van der Waals surface area (Å²) < 4.78 is 5.77. The van der Waals surface area contributed by atoms with Crippen LogP contribution in [-0.4, -0.2) is 29.9 Å². The van der Waals surface area contributed by atoms with E-state index in [0.29, 0.717) is 37.3 Å². The third-order valence-electron chi connectivity index (χ3n) is 4.35. The summed E-state index contributed by atoms with van der Waals surface area (Å²) in [5.74, 6) is -1.12. The zero-order valence-corrected chi connectivity index (χ0v) is 16.2. The Hall–Kier alpha value is -3.15. The maximum Gasteiger partial charge on any atom is 0.303 e. The number of benzene rings is 2. The fourth-order valence-corrected chi connectivity index (χ4v) is 2.89. The number of aldehydes is 1. The van der Waals surface area contributed by atoms with E-state index in [1.165, 1.54) is 16.7 Å². The first-order valence-electron chi connectivity index (χ1n) is 9.19. The maximum atomic E-state index is 11.4. The van der Waals surface area contributed by atoms with Gasteiger partial charge in [-0.05, 0) is 61.9 Å². The molecule has 6 nitrogen and oxygen atoms in total. The number of ether oxygens (including phenoxy) is 1. The van der Waals surface area contributed by atoms with Crippen molar-refractivity contribution in [1.29, 1.82) is 0 Å². The van der Waals surface area contributed by atoms with Crippen LogP contribution in [0.25, 0.3) is 0 Å². The largest absolute Gasteiger partial charge is 0.491 e. The summed E-state index contributed by atoms with van der Waals surface area (Å²) in [6.45, 7) is 4.45. The molecule has 2 N–H and O–H groups in total. The second-order valence-corrected chi connectivity index (χ2v) is 6.74. The molecule has 6 heteroatoms. The molecule has 0 aliphatic carbocycles. The highest BCUT2D eigenvalue weighted by Gasteiger charge is 2.10. The van der Waals surface area contributed by atoms with E-state index in [4.69, 9.17) is 9.84 Å². The lowest BCUT2D eigenvalue weighted by molar-refractivity contribution is -0.137. The Balaban J connectivity index is 2.14. The molecule has 0 aliphatic heterocycles. The Morgan fingerprint density at radius 1 is 1.11 bits per heavy atom. The third-order valence-corrected chi connectivity index (χ3v) is 4.35. The lowest BCUT2D eigenvalue weighted by Crippen LogP contribution is -2.13. The van der Waals surface area contributed by atoms with Crippen LogP contribution >= 0.6 is 0 Å². The fourth-order valence-electron chi connectivity index (χ4n) is 2.89. The highest BCUT2D eigenvalue weighted by molar-refractivity contribution is 6.29. The van der Waals surface area contributed by atoms with Crippen molar-refractivity contribution in [3.05, 3.63) is 58.7 Å². The van der Waals surface area contributed by atoms with Crippen LogP contribution in [0.5, 0.6) is 5.75 Å². The smallest absolute Gasteiger partial charge is 0.303 e. The van der Waals surface area contributed by atoms with Gasteiger partial charge in [-0.3, -0.25) is 14.4 Å². The second kappa shape index (κ2) is 10.3. The zero-order valence-electron chi connectivity index (χ0n) is 16.2. The minimum absolute atomic E-state index is 0.0881. The molecule has 0 saturated heterocycles. The van der Waals surface area contributed by atoms with Gasteiger partial charge in [0.05, 0.1) is 12.3 Å². The first-order chi connectivity index (χ1) is 13.4. The van der Waals surface area contributed by atoms with Crippen LogP contribution in [0.3, 0.4) is 0 Å². The number of unbranched alkanes of at least 4 members (excludes halogenated alkanes) is 1. The molecule has 0 heterocycles. The minimum atomic E-state index is -0.839. The molecule has 0 spiro atoms. The number of aryl methyl sites for hydroxylation is 2. The molecule has 0 fully saturated rings. The number of anilines is 1. The number of aliphatic carboxylic acids is 1. The van der Waals surface area contributed by atoms with E-state index in [1.54, 1.807) is 6.07 Å². The number of nitrogens with one attached hydrogen (secondary N) is 1. The standard InChI is InChI=1S/C22H25NO5/c1-15-6-8-18(16(2)11-15)12-17-7-9-19(23-21(25)14-24)20(13-17)28-10-4-3-5-22(26)27/h6-9,11,13-14H,3-5,10,12H2,1-2H3,(H,23,25)(H,26,27). The molecule has 2 aromatic rings. The summed E-state index contributed by atoms with van der Waals surface area (Å²) in [5.41, 5.74) is 5.03. The average molecular weight is 383 g/mol. The van der Waals surface area contributed by atoms with E-state index < -0.39 is 11.9 Å². The maximum absolute atomic E-state index is 11.4. The molecule has 2 aromatic carbocycles. The number of carboxylic acid groups (broad SMARTS) is 1. The van der Waals surface area contributed by atoms with Crippen LogP contribution in [0.4, 0.5) is 5.69 Å². The predicted octanol–water partition coefficient (Wildman–Crippen LogP) is 3.67. The first kappa shape index (κ1) is 21.2. The number of hydrogen-bond acceptors (Lipinski definition) is 4. The predicted molar refractivity (Wildman–Crippen MR) is 107 cm³/mol. The van der Waals surface area contributed by atoms with Crippen LogP contribution < -0.4 is 10.1 Å². The quantitative estimate of drug-likeness (QED) is 0.371. The van der Waals surface area contributed by atoms with Crippen molar-refractivity contribution in [1.82, 2.24) is 0 Å². The summed E-state index contributed by atoms with van der Waals surface area (Å²) in [4.78, 5) is 32.7. The Morgan fingerprint density at radius 3 is 2.57 bits per heavy atom. The Bertz CT molecular complexity index is 860. The molecule has 148 valence electrons.